The van der Waals surface area contributed by atoms with Gasteiger partial charge in [-0.3, -0.25) is 0 Å². The van der Waals surface area contributed by atoms with E-state index >= 15 is 0 Å². The average molecular weight is 457 g/mol. The number of para-hydroxylation sites is 1. The number of hydrogen-bond donors (Lipinski definition) is 2. The minimum atomic E-state index is -0.313. The summed E-state index contributed by atoms with van der Waals surface area (Å²) in [6, 6.07) is 32.2. The Labute approximate surface area is 203 Å². The molecule has 5 nitrogen and oxygen atoms in total. The van der Waals surface area contributed by atoms with Crippen LogP contribution in [0.25, 0.3) is 27.5 Å². The maximum atomic E-state index is 11.3. The summed E-state index contributed by atoms with van der Waals surface area (Å²) in [5, 5.41) is 16.9. The zero-order chi connectivity index (χ0) is 23.8. The van der Waals surface area contributed by atoms with Gasteiger partial charge in [0.1, 0.15) is 17.1 Å². The topological polar surface area (TPSA) is 63.0 Å². The van der Waals surface area contributed by atoms with Gasteiger partial charge >= 0.3 is 0 Å². The van der Waals surface area contributed by atoms with Crippen LogP contribution in [-0.2, 0) is 0 Å². The summed E-state index contributed by atoms with van der Waals surface area (Å²) < 4.78 is 2.18. The Hall–Kier alpha value is -4.64. The lowest BCUT2D eigenvalue weighted by atomic mass is 9.96. The number of aryl methyl sites for hydroxylation is 1. The fourth-order valence-electron chi connectivity index (χ4n) is 4.59. The maximum Gasteiger partial charge on any atom is 0.147 e. The van der Waals surface area contributed by atoms with Gasteiger partial charge in [0.15, 0.2) is 0 Å². The van der Waals surface area contributed by atoms with Crippen molar-refractivity contribution in [1.82, 2.24) is 14.5 Å². The predicted octanol–water partition coefficient (Wildman–Crippen LogP) is 6.79. The number of phenols is 1. The van der Waals surface area contributed by atoms with E-state index in [4.69, 9.17) is 0 Å². The zero-order valence-electron chi connectivity index (χ0n) is 19.3. The van der Waals surface area contributed by atoms with E-state index in [-0.39, 0.29) is 11.8 Å². The number of aromatic nitrogens is 3. The molecule has 0 radical (unpaired) electrons. The highest BCUT2D eigenvalue weighted by Crippen LogP contribution is 2.36. The summed E-state index contributed by atoms with van der Waals surface area (Å²) in [6.45, 7) is 1.93. The molecular weight excluding hydrogens is 432 g/mol. The van der Waals surface area contributed by atoms with E-state index in [1.54, 1.807) is 6.20 Å². The van der Waals surface area contributed by atoms with Gasteiger partial charge in [-0.1, -0.05) is 54.6 Å². The van der Waals surface area contributed by atoms with Crippen LogP contribution in [0.5, 0.6) is 5.75 Å². The van der Waals surface area contributed by atoms with E-state index in [1.165, 1.54) is 5.39 Å². The predicted molar refractivity (Wildman–Crippen MR) is 141 cm³/mol. The summed E-state index contributed by atoms with van der Waals surface area (Å²) in [4.78, 5) is 9.05. The van der Waals surface area contributed by atoms with Crippen LogP contribution >= 0.6 is 0 Å². The van der Waals surface area contributed by atoms with E-state index < -0.39 is 0 Å². The van der Waals surface area contributed by atoms with Gasteiger partial charge in [0.05, 0.1) is 11.6 Å². The van der Waals surface area contributed by atoms with Crippen molar-refractivity contribution in [3.8, 4) is 11.4 Å². The normalized spacial score (nSPS) is 12.1. The number of benzene rings is 3. The van der Waals surface area contributed by atoms with E-state index in [0.717, 1.165) is 39.2 Å². The number of hydrogen-bond acceptors (Lipinski definition) is 4. The molecule has 0 aliphatic carbocycles. The first-order chi connectivity index (χ1) is 17.2. The molecule has 3 aromatic carbocycles. The lowest BCUT2D eigenvalue weighted by molar-refractivity contribution is 0.471. The molecule has 170 valence electrons. The van der Waals surface area contributed by atoms with Gasteiger partial charge in [0.25, 0.3) is 0 Å². The van der Waals surface area contributed by atoms with E-state index in [0.29, 0.717) is 5.52 Å². The summed E-state index contributed by atoms with van der Waals surface area (Å²) in [7, 11) is 0. The fourth-order valence-corrected chi connectivity index (χ4v) is 4.59. The van der Waals surface area contributed by atoms with Crippen LogP contribution < -0.4 is 5.32 Å². The van der Waals surface area contributed by atoms with Crippen LogP contribution in [0.15, 0.2) is 109 Å². The first kappa shape index (κ1) is 20.9. The van der Waals surface area contributed by atoms with Crippen molar-refractivity contribution in [2.24, 2.45) is 0 Å². The number of nitrogens with zero attached hydrogens (tertiary/aromatic N) is 3. The van der Waals surface area contributed by atoms with Crippen molar-refractivity contribution < 1.29 is 5.11 Å². The minimum Gasteiger partial charge on any atom is -0.505 e. The van der Waals surface area contributed by atoms with Gasteiger partial charge in [-0.25, -0.2) is 9.97 Å². The number of pyridine rings is 2. The molecule has 1 atom stereocenters. The molecule has 0 aliphatic rings. The van der Waals surface area contributed by atoms with Gasteiger partial charge in [0, 0.05) is 34.7 Å². The first-order valence-electron chi connectivity index (χ1n) is 11.6. The lowest BCUT2D eigenvalue weighted by Crippen LogP contribution is -2.14. The molecule has 2 N–H and O–H groups in total. The van der Waals surface area contributed by atoms with Crippen LogP contribution in [-0.4, -0.2) is 19.6 Å². The molecule has 5 heteroatoms. The molecule has 3 aromatic heterocycles. The van der Waals surface area contributed by atoms with Gasteiger partial charge in [0.2, 0.25) is 0 Å². The standard InChI is InChI=1S/C30H24N4O/c1-20-9-10-23-13-16-25(30(35)29(23)32-20)28(33-27-8-4-5-18-31-27)22-11-14-24(15-12-22)34-19-17-21-6-2-3-7-26(21)34/h2-19,28,35H,1H3,(H,31,33). The quantitative estimate of drug-likeness (QED) is 0.300. The van der Waals surface area contributed by atoms with Gasteiger partial charge in [-0.2, -0.15) is 0 Å². The molecule has 0 aliphatic heterocycles. The highest BCUT2D eigenvalue weighted by atomic mass is 16.3. The van der Waals surface area contributed by atoms with Crippen molar-refractivity contribution in [2.45, 2.75) is 13.0 Å². The van der Waals surface area contributed by atoms with E-state index in [9.17, 15) is 5.11 Å². The molecule has 0 bridgehead atoms. The van der Waals surface area contributed by atoms with Gasteiger partial charge in [-0.05, 0) is 60.3 Å². The Morgan fingerprint density at radius 2 is 1.60 bits per heavy atom. The average Bonchev–Trinajstić information content (AvgIpc) is 3.33. The fraction of sp³-hybridized carbons (Fsp3) is 0.0667. The molecule has 1 unspecified atom stereocenters. The Balaban J connectivity index is 1.45. The number of rotatable bonds is 5. The number of anilines is 1. The summed E-state index contributed by atoms with van der Waals surface area (Å²) in [6.07, 6.45) is 3.84. The van der Waals surface area contributed by atoms with Crippen LogP contribution in [0.3, 0.4) is 0 Å². The molecule has 0 saturated heterocycles. The third kappa shape index (κ3) is 3.87. The first-order valence-corrected chi connectivity index (χ1v) is 11.6. The zero-order valence-corrected chi connectivity index (χ0v) is 19.3. The SMILES string of the molecule is Cc1ccc2ccc(C(Nc3ccccn3)c3ccc(-n4ccc5ccccc54)cc3)c(O)c2n1. The van der Waals surface area contributed by atoms with Crippen LogP contribution in [0, 0.1) is 6.92 Å². The Bertz CT molecular complexity index is 1640. The number of fused-ring (bicyclic) bond motifs is 2. The molecule has 0 fully saturated rings. The smallest absolute Gasteiger partial charge is 0.147 e. The second-order valence-electron chi connectivity index (χ2n) is 8.66. The summed E-state index contributed by atoms with van der Waals surface area (Å²) in [5.41, 5.74) is 5.47. The molecule has 0 spiro atoms. The van der Waals surface area contributed by atoms with Crippen molar-refractivity contribution in [3.05, 3.63) is 126 Å². The second-order valence-corrected chi connectivity index (χ2v) is 8.66. The van der Waals surface area contributed by atoms with Gasteiger partial charge < -0.3 is 15.0 Å². The molecule has 6 aromatic rings. The number of aromatic hydroxyl groups is 1. The number of nitrogens with one attached hydrogen (secondary N) is 1. The Kier molecular flexibility index (Phi) is 5.15. The molecular formula is C30H24N4O. The minimum absolute atomic E-state index is 0.181. The molecule has 0 amide bonds. The highest BCUT2D eigenvalue weighted by molar-refractivity contribution is 5.86. The summed E-state index contributed by atoms with van der Waals surface area (Å²) in [5.74, 6) is 0.912. The molecule has 35 heavy (non-hydrogen) atoms. The lowest BCUT2D eigenvalue weighted by Gasteiger charge is -2.22. The summed E-state index contributed by atoms with van der Waals surface area (Å²) >= 11 is 0. The van der Waals surface area contributed by atoms with Crippen molar-refractivity contribution >= 4 is 27.6 Å². The Morgan fingerprint density at radius 3 is 2.43 bits per heavy atom. The van der Waals surface area contributed by atoms with Crippen LogP contribution in [0.4, 0.5) is 5.82 Å². The second kappa shape index (κ2) is 8.61. The number of phenolic OH excluding ortho intramolecular Hbond substituents is 1. The van der Waals surface area contributed by atoms with Crippen LogP contribution in [0.1, 0.15) is 22.9 Å². The maximum absolute atomic E-state index is 11.3. The molecule has 0 saturated carbocycles. The van der Waals surface area contributed by atoms with Gasteiger partial charge in [-0.15, -0.1) is 0 Å². The van der Waals surface area contributed by atoms with Crippen molar-refractivity contribution in [2.75, 3.05) is 5.32 Å². The highest BCUT2D eigenvalue weighted by Gasteiger charge is 2.21. The van der Waals surface area contributed by atoms with E-state index in [1.807, 2.05) is 49.4 Å². The molecule has 6 rings (SSSR count). The van der Waals surface area contributed by atoms with Crippen molar-refractivity contribution in [1.29, 1.82) is 0 Å². The molecule has 3 heterocycles. The third-order valence-electron chi connectivity index (χ3n) is 6.38. The van der Waals surface area contributed by atoms with Crippen LogP contribution in [0.2, 0.25) is 0 Å². The Morgan fingerprint density at radius 1 is 0.800 bits per heavy atom. The van der Waals surface area contributed by atoms with Crippen molar-refractivity contribution in [3.63, 3.8) is 0 Å². The largest absolute Gasteiger partial charge is 0.505 e. The van der Waals surface area contributed by atoms with E-state index in [2.05, 4.69) is 80.6 Å². The monoisotopic (exact) mass is 456 g/mol. The third-order valence-corrected chi connectivity index (χ3v) is 6.38.